The van der Waals surface area contributed by atoms with Crippen molar-refractivity contribution in [2.24, 2.45) is 5.92 Å². The van der Waals surface area contributed by atoms with E-state index >= 15 is 0 Å². The Kier molecular flexibility index (Phi) is 4.84. The lowest BCUT2D eigenvalue weighted by Gasteiger charge is -2.34. The first-order valence-electron chi connectivity index (χ1n) is 8.19. The topological polar surface area (TPSA) is 87.3 Å². The van der Waals surface area contributed by atoms with E-state index in [2.05, 4.69) is 4.98 Å². The first-order valence-corrected chi connectivity index (χ1v) is 8.19. The van der Waals surface area contributed by atoms with Gasteiger partial charge in [0.05, 0.1) is 19.3 Å². The number of rotatable bonds is 4. The van der Waals surface area contributed by atoms with Crippen LogP contribution in [0.1, 0.15) is 23.1 Å². The van der Waals surface area contributed by atoms with Gasteiger partial charge in [0.2, 0.25) is 0 Å². The van der Waals surface area contributed by atoms with Crippen molar-refractivity contribution in [2.75, 3.05) is 26.3 Å². The van der Waals surface area contributed by atoms with E-state index in [1.807, 2.05) is 36.4 Å². The fraction of sp³-hybridized carbons (Fsp3) is 0.529. The first-order chi connectivity index (χ1) is 11.5. The number of amides is 1. The summed E-state index contributed by atoms with van der Waals surface area (Å²) in [5.41, 5.74) is 2.10. The van der Waals surface area contributed by atoms with Crippen LogP contribution in [-0.2, 0) is 4.74 Å². The Hall–Kier alpha value is -1.96. The molecule has 7 nitrogen and oxygen atoms in total. The molecule has 0 aromatic carbocycles. The molecule has 1 saturated heterocycles. The molecule has 3 atom stereocenters. The summed E-state index contributed by atoms with van der Waals surface area (Å²) in [4.78, 5) is 18.8. The van der Waals surface area contributed by atoms with Gasteiger partial charge in [-0.1, -0.05) is 6.07 Å². The summed E-state index contributed by atoms with van der Waals surface area (Å²) in [6.07, 6.45) is -0.0579. The van der Waals surface area contributed by atoms with E-state index in [1.54, 1.807) is 11.1 Å². The van der Waals surface area contributed by atoms with Gasteiger partial charge in [-0.15, -0.1) is 0 Å². The Morgan fingerprint density at radius 2 is 2.21 bits per heavy atom. The summed E-state index contributed by atoms with van der Waals surface area (Å²) < 4.78 is 7.17. The highest BCUT2D eigenvalue weighted by atomic mass is 16.5. The van der Waals surface area contributed by atoms with Crippen LogP contribution in [0.4, 0.5) is 0 Å². The predicted octanol–water partition coefficient (Wildman–Crippen LogP) is 0.473. The number of fused-ring (bicyclic) bond motifs is 1. The van der Waals surface area contributed by atoms with Gasteiger partial charge in [0.1, 0.15) is 17.4 Å². The Balaban J connectivity index is 1.79. The molecule has 0 spiro atoms. The lowest BCUT2D eigenvalue weighted by atomic mass is 9.96. The van der Waals surface area contributed by atoms with Crippen molar-refractivity contribution in [3.05, 3.63) is 35.8 Å². The van der Waals surface area contributed by atoms with Crippen LogP contribution in [-0.4, -0.2) is 68.9 Å². The normalized spacial score (nSPS) is 24.2. The maximum Gasteiger partial charge on any atom is 0.274 e. The average molecular weight is 333 g/mol. The molecule has 2 aromatic heterocycles. The molecule has 2 N–H and O–H groups in total. The largest absolute Gasteiger partial charge is 0.390 e. The lowest BCUT2D eigenvalue weighted by Crippen LogP contribution is -2.49. The van der Waals surface area contributed by atoms with Crippen molar-refractivity contribution in [1.29, 1.82) is 0 Å². The SMILES string of the molecule is CCN(C[C@@H]1COC[C@@H](O)[C@H]1O)C(=O)c1cn2c(C)cccc2n1. The first kappa shape index (κ1) is 16.9. The van der Waals surface area contributed by atoms with Crippen molar-refractivity contribution in [3.8, 4) is 0 Å². The van der Waals surface area contributed by atoms with Gasteiger partial charge in [0.15, 0.2) is 0 Å². The maximum atomic E-state index is 12.8. The zero-order chi connectivity index (χ0) is 17.3. The number of aryl methyl sites for hydroxylation is 1. The van der Waals surface area contributed by atoms with E-state index in [1.165, 1.54) is 0 Å². The third-order valence-corrected chi connectivity index (χ3v) is 4.54. The Morgan fingerprint density at radius 3 is 2.92 bits per heavy atom. The fourth-order valence-corrected chi connectivity index (χ4v) is 3.06. The second-order valence-electron chi connectivity index (χ2n) is 6.22. The monoisotopic (exact) mass is 333 g/mol. The van der Waals surface area contributed by atoms with Gasteiger partial charge in [0, 0.05) is 30.9 Å². The van der Waals surface area contributed by atoms with Crippen LogP contribution < -0.4 is 0 Å². The second kappa shape index (κ2) is 6.88. The second-order valence-corrected chi connectivity index (χ2v) is 6.22. The number of imidazole rings is 1. The van der Waals surface area contributed by atoms with E-state index in [0.29, 0.717) is 25.4 Å². The van der Waals surface area contributed by atoms with Gasteiger partial charge in [-0.05, 0) is 26.0 Å². The third kappa shape index (κ3) is 3.15. The molecule has 1 fully saturated rings. The van der Waals surface area contributed by atoms with Gasteiger partial charge in [0.25, 0.3) is 5.91 Å². The molecule has 1 amide bonds. The highest BCUT2D eigenvalue weighted by molar-refractivity contribution is 5.93. The molecule has 0 bridgehead atoms. The number of aromatic nitrogens is 2. The molecule has 130 valence electrons. The van der Waals surface area contributed by atoms with Gasteiger partial charge in [-0.2, -0.15) is 0 Å². The molecule has 1 aliphatic rings. The smallest absolute Gasteiger partial charge is 0.274 e. The molecule has 3 heterocycles. The van der Waals surface area contributed by atoms with Crippen molar-refractivity contribution in [3.63, 3.8) is 0 Å². The van der Waals surface area contributed by atoms with Crippen molar-refractivity contribution in [2.45, 2.75) is 26.1 Å². The third-order valence-electron chi connectivity index (χ3n) is 4.54. The number of pyridine rings is 1. The number of hydrogen-bond acceptors (Lipinski definition) is 5. The summed E-state index contributed by atoms with van der Waals surface area (Å²) in [5.74, 6) is -0.496. The van der Waals surface area contributed by atoms with Crippen LogP contribution in [0.3, 0.4) is 0 Å². The summed E-state index contributed by atoms with van der Waals surface area (Å²) in [6.45, 7) is 5.10. The molecular formula is C17H23N3O4. The van der Waals surface area contributed by atoms with E-state index in [4.69, 9.17) is 4.74 Å². The molecule has 24 heavy (non-hydrogen) atoms. The molecule has 0 radical (unpaired) electrons. The molecule has 0 aliphatic carbocycles. The molecule has 7 heteroatoms. The van der Waals surface area contributed by atoms with Crippen molar-refractivity contribution < 1.29 is 19.7 Å². The van der Waals surface area contributed by atoms with E-state index in [9.17, 15) is 15.0 Å². The minimum absolute atomic E-state index is 0.128. The lowest BCUT2D eigenvalue weighted by molar-refractivity contribution is -0.123. The zero-order valence-electron chi connectivity index (χ0n) is 13.9. The van der Waals surface area contributed by atoms with Gasteiger partial charge in [-0.25, -0.2) is 4.98 Å². The van der Waals surface area contributed by atoms with Gasteiger partial charge in [-0.3, -0.25) is 4.79 Å². The van der Waals surface area contributed by atoms with Crippen LogP contribution in [0.25, 0.3) is 5.65 Å². The minimum Gasteiger partial charge on any atom is -0.390 e. The van der Waals surface area contributed by atoms with E-state index in [-0.39, 0.29) is 18.4 Å². The molecule has 3 rings (SSSR count). The van der Waals surface area contributed by atoms with E-state index in [0.717, 1.165) is 11.3 Å². The van der Waals surface area contributed by atoms with Crippen molar-refractivity contribution in [1.82, 2.24) is 14.3 Å². The number of nitrogens with zero attached hydrogens (tertiary/aromatic N) is 3. The maximum absolute atomic E-state index is 12.8. The van der Waals surface area contributed by atoms with Gasteiger partial charge < -0.3 is 24.3 Å². The summed E-state index contributed by atoms with van der Waals surface area (Å²) >= 11 is 0. The predicted molar refractivity (Wildman–Crippen MR) is 87.8 cm³/mol. The standard InChI is InChI=1S/C17H23N3O4/c1-3-19(7-12-9-24-10-14(21)16(12)22)17(23)13-8-20-11(2)5-4-6-15(20)18-13/h4-6,8,12,14,16,21-22H,3,7,9-10H2,1-2H3/t12-,14-,16+/m1/s1. The van der Waals surface area contributed by atoms with Gasteiger partial charge >= 0.3 is 0 Å². The van der Waals surface area contributed by atoms with Crippen LogP contribution in [0, 0.1) is 12.8 Å². The number of aliphatic hydroxyl groups excluding tert-OH is 2. The molecule has 1 aliphatic heterocycles. The Morgan fingerprint density at radius 1 is 1.42 bits per heavy atom. The summed E-state index contributed by atoms with van der Waals surface area (Å²) in [7, 11) is 0. The highest BCUT2D eigenvalue weighted by Crippen LogP contribution is 2.18. The number of carbonyl (C=O) groups excluding carboxylic acids is 1. The average Bonchev–Trinajstić information content (AvgIpc) is 3.01. The Labute approximate surface area is 140 Å². The summed E-state index contributed by atoms with van der Waals surface area (Å²) in [6, 6.07) is 5.72. The molecular weight excluding hydrogens is 310 g/mol. The van der Waals surface area contributed by atoms with Crippen LogP contribution in [0.2, 0.25) is 0 Å². The highest BCUT2D eigenvalue weighted by Gasteiger charge is 2.33. The molecule has 2 aromatic rings. The minimum atomic E-state index is -0.907. The Bertz CT molecular complexity index is 730. The number of aliphatic hydroxyl groups is 2. The number of hydrogen-bond donors (Lipinski definition) is 2. The quantitative estimate of drug-likeness (QED) is 0.849. The number of ether oxygens (including phenoxy) is 1. The van der Waals surface area contributed by atoms with Crippen LogP contribution in [0.5, 0.6) is 0 Å². The molecule has 0 unspecified atom stereocenters. The number of carbonyl (C=O) groups is 1. The molecule has 0 saturated carbocycles. The van der Waals surface area contributed by atoms with Crippen LogP contribution >= 0.6 is 0 Å². The van der Waals surface area contributed by atoms with Crippen LogP contribution in [0.15, 0.2) is 24.4 Å². The fourth-order valence-electron chi connectivity index (χ4n) is 3.06. The zero-order valence-corrected chi connectivity index (χ0v) is 13.9. The summed E-state index contributed by atoms with van der Waals surface area (Å²) in [5, 5.41) is 19.8. The van der Waals surface area contributed by atoms with E-state index < -0.39 is 12.2 Å². The van der Waals surface area contributed by atoms with Crippen molar-refractivity contribution >= 4 is 11.6 Å².